The number of hydrogen-bond donors (Lipinski definition) is 0. The van der Waals surface area contributed by atoms with Crippen molar-refractivity contribution in [3.05, 3.63) is 53.9 Å². The lowest BCUT2D eigenvalue weighted by molar-refractivity contribution is 0.112. The normalized spacial score (nSPS) is 11.6. The van der Waals surface area contributed by atoms with Crippen LogP contribution in [0.2, 0.25) is 0 Å². The standard InChI is InChI=1S/C16H14N2O4S/c1-11-14(22-2)7-6-13-16(11)12(10-19)9-18(13)23(20,21)15-5-3-4-8-17-15/h3-10H,1-2H3. The van der Waals surface area contributed by atoms with Gasteiger partial charge in [-0.2, -0.15) is 8.42 Å². The molecule has 0 spiro atoms. The summed E-state index contributed by atoms with van der Waals surface area (Å²) in [7, 11) is -2.36. The Morgan fingerprint density at radius 2 is 2.00 bits per heavy atom. The minimum atomic E-state index is -3.89. The zero-order valence-electron chi connectivity index (χ0n) is 12.6. The first-order valence-corrected chi connectivity index (χ1v) is 8.25. The molecule has 118 valence electrons. The molecule has 6 nitrogen and oxygen atoms in total. The summed E-state index contributed by atoms with van der Waals surface area (Å²) < 4.78 is 31.9. The molecule has 0 aliphatic carbocycles. The molecule has 0 aliphatic rings. The summed E-state index contributed by atoms with van der Waals surface area (Å²) >= 11 is 0. The number of fused-ring (bicyclic) bond motifs is 1. The highest BCUT2D eigenvalue weighted by molar-refractivity contribution is 7.90. The first-order chi connectivity index (χ1) is 11.0. The van der Waals surface area contributed by atoms with E-state index >= 15 is 0 Å². The Morgan fingerprint density at radius 1 is 1.22 bits per heavy atom. The van der Waals surface area contributed by atoms with Crippen molar-refractivity contribution in [1.29, 1.82) is 0 Å². The predicted molar refractivity (Wildman–Crippen MR) is 85.4 cm³/mol. The number of ether oxygens (including phenoxy) is 1. The molecule has 0 fully saturated rings. The average molecular weight is 330 g/mol. The number of hydrogen-bond acceptors (Lipinski definition) is 5. The van der Waals surface area contributed by atoms with Crippen molar-refractivity contribution < 1.29 is 17.9 Å². The van der Waals surface area contributed by atoms with E-state index in [1.54, 1.807) is 31.2 Å². The van der Waals surface area contributed by atoms with E-state index in [1.165, 1.54) is 25.6 Å². The van der Waals surface area contributed by atoms with E-state index in [9.17, 15) is 13.2 Å². The van der Waals surface area contributed by atoms with Crippen LogP contribution in [0.1, 0.15) is 15.9 Å². The number of carbonyl (C=O) groups is 1. The molecule has 3 aromatic rings. The summed E-state index contributed by atoms with van der Waals surface area (Å²) in [6.07, 6.45) is 3.36. The Morgan fingerprint density at radius 3 is 2.61 bits per heavy atom. The van der Waals surface area contributed by atoms with Crippen LogP contribution < -0.4 is 4.74 Å². The Balaban J connectivity index is 2.36. The predicted octanol–water partition coefficient (Wildman–Crippen LogP) is 2.40. The quantitative estimate of drug-likeness (QED) is 0.686. The van der Waals surface area contributed by atoms with Crippen LogP contribution in [0.4, 0.5) is 0 Å². The van der Waals surface area contributed by atoms with E-state index in [1.807, 2.05) is 0 Å². The summed E-state index contributed by atoms with van der Waals surface area (Å²) in [6, 6.07) is 7.95. The molecule has 7 heteroatoms. The Hall–Kier alpha value is -2.67. The molecule has 0 unspecified atom stereocenters. The van der Waals surface area contributed by atoms with E-state index in [4.69, 9.17) is 4.74 Å². The van der Waals surface area contributed by atoms with Crippen LogP contribution in [-0.4, -0.2) is 30.8 Å². The molecule has 0 radical (unpaired) electrons. The highest BCUT2D eigenvalue weighted by Crippen LogP contribution is 2.32. The lowest BCUT2D eigenvalue weighted by Gasteiger charge is -2.09. The first kappa shape index (κ1) is 15.2. The first-order valence-electron chi connectivity index (χ1n) is 6.81. The minimum absolute atomic E-state index is 0.0807. The van der Waals surface area contributed by atoms with Crippen molar-refractivity contribution in [3.63, 3.8) is 0 Å². The number of benzene rings is 1. The summed E-state index contributed by atoms with van der Waals surface area (Å²) in [5, 5.41) is 0.474. The van der Waals surface area contributed by atoms with Gasteiger partial charge in [0.25, 0.3) is 10.0 Å². The number of methoxy groups -OCH3 is 1. The van der Waals surface area contributed by atoms with Gasteiger partial charge in [0, 0.05) is 28.9 Å². The van der Waals surface area contributed by atoms with Crippen LogP contribution in [0.5, 0.6) is 5.75 Å². The van der Waals surface area contributed by atoms with Gasteiger partial charge in [-0.1, -0.05) is 6.07 Å². The maximum atomic E-state index is 12.8. The van der Waals surface area contributed by atoms with Gasteiger partial charge in [0.15, 0.2) is 11.3 Å². The highest BCUT2D eigenvalue weighted by atomic mass is 32.2. The molecule has 0 bridgehead atoms. The number of aromatic nitrogens is 2. The summed E-state index contributed by atoms with van der Waals surface area (Å²) in [6.45, 7) is 1.78. The Kier molecular flexibility index (Phi) is 3.65. The van der Waals surface area contributed by atoms with Crippen molar-refractivity contribution in [3.8, 4) is 5.75 Å². The maximum absolute atomic E-state index is 12.8. The van der Waals surface area contributed by atoms with Gasteiger partial charge in [-0.25, -0.2) is 8.96 Å². The minimum Gasteiger partial charge on any atom is -0.496 e. The van der Waals surface area contributed by atoms with Crippen molar-refractivity contribution >= 4 is 27.2 Å². The topological polar surface area (TPSA) is 78.3 Å². The SMILES string of the molecule is COc1ccc2c(c(C=O)cn2S(=O)(=O)c2ccccn2)c1C. The molecule has 0 N–H and O–H groups in total. The zero-order valence-corrected chi connectivity index (χ0v) is 13.4. The number of rotatable bonds is 4. The fourth-order valence-electron chi connectivity index (χ4n) is 2.60. The van der Waals surface area contributed by atoms with E-state index < -0.39 is 10.0 Å². The van der Waals surface area contributed by atoms with E-state index in [0.29, 0.717) is 28.5 Å². The third kappa shape index (κ3) is 2.29. The van der Waals surface area contributed by atoms with Crippen LogP contribution in [-0.2, 0) is 10.0 Å². The smallest absolute Gasteiger partial charge is 0.285 e. The number of aldehydes is 1. The molecular weight excluding hydrogens is 316 g/mol. The molecule has 0 saturated heterocycles. The van der Waals surface area contributed by atoms with Crippen molar-refractivity contribution in [2.45, 2.75) is 11.9 Å². The van der Waals surface area contributed by atoms with Crippen LogP contribution in [0.15, 0.2) is 47.8 Å². The zero-order chi connectivity index (χ0) is 16.6. The van der Waals surface area contributed by atoms with Crippen molar-refractivity contribution in [2.24, 2.45) is 0 Å². The van der Waals surface area contributed by atoms with Gasteiger partial charge in [-0.05, 0) is 31.2 Å². The van der Waals surface area contributed by atoms with Crippen LogP contribution in [0.25, 0.3) is 10.9 Å². The van der Waals surface area contributed by atoms with Gasteiger partial charge in [0.1, 0.15) is 5.75 Å². The van der Waals surface area contributed by atoms with Gasteiger partial charge in [0.2, 0.25) is 0 Å². The number of carbonyl (C=O) groups excluding carboxylic acids is 1. The van der Waals surface area contributed by atoms with Crippen molar-refractivity contribution in [2.75, 3.05) is 7.11 Å². The second-order valence-corrected chi connectivity index (χ2v) is 6.72. The van der Waals surface area contributed by atoms with Gasteiger partial charge in [0.05, 0.1) is 12.6 Å². The van der Waals surface area contributed by atoms with E-state index in [2.05, 4.69) is 4.98 Å². The molecule has 0 atom stereocenters. The fourth-order valence-corrected chi connectivity index (χ4v) is 3.91. The summed E-state index contributed by atoms with van der Waals surface area (Å²) in [5.74, 6) is 0.591. The molecule has 2 aromatic heterocycles. The number of pyridine rings is 1. The molecule has 0 aliphatic heterocycles. The lowest BCUT2D eigenvalue weighted by atomic mass is 10.1. The second-order valence-electron chi connectivity index (χ2n) is 4.96. The molecule has 3 rings (SSSR count). The van der Waals surface area contributed by atoms with Crippen molar-refractivity contribution in [1.82, 2.24) is 8.96 Å². The third-order valence-corrected chi connectivity index (χ3v) is 5.27. The molecule has 23 heavy (non-hydrogen) atoms. The Labute approximate surface area is 133 Å². The third-order valence-electron chi connectivity index (χ3n) is 3.68. The molecule has 1 aromatic carbocycles. The molecule has 2 heterocycles. The van der Waals surface area contributed by atoms with Crippen LogP contribution >= 0.6 is 0 Å². The second kappa shape index (κ2) is 5.51. The van der Waals surface area contributed by atoms with Gasteiger partial charge < -0.3 is 4.74 Å². The molecular formula is C16H14N2O4S. The van der Waals surface area contributed by atoms with Crippen LogP contribution in [0.3, 0.4) is 0 Å². The number of nitrogens with zero attached hydrogens (tertiary/aromatic N) is 2. The average Bonchev–Trinajstić information content (AvgIpc) is 2.96. The Bertz CT molecular complexity index is 992. The maximum Gasteiger partial charge on any atom is 0.285 e. The van der Waals surface area contributed by atoms with Gasteiger partial charge in [-0.3, -0.25) is 4.79 Å². The van der Waals surface area contributed by atoms with Crippen LogP contribution in [0, 0.1) is 6.92 Å². The van der Waals surface area contributed by atoms with Gasteiger partial charge in [-0.15, -0.1) is 0 Å². The summed E-state index contributed by atoms with van der Waals surface area (Å²) in [5.41, 5.74) is 1.41. The van der Waals surface area contributed by atoms with E-state index in [0.717, 1.165) is 3.97 Å². The lowest BCUT2D eigenvalue weighted by Crippen LogP contribution is -2.13. The fraction of sp³-hybridized carbons (Fsp3) is 0.125. The highest BCUT2D eigenvalue weighted by Gasteiger charge is 2.23. The molecule has 0 saturated carbocycles. The van der Waals surface area contributed by atoms with Gasteiger partial charge >= 0.3 is 0 Å². The largest absolute Gasteiger partial charge is 0.496 e. The molecule has 0 amide bonds. The van der Waals surface area contributed by atoms with E-state index in [-0.39, 0.29) is 10.6 Å². The summed E-state index contributed by atoms with van der Waals surface area (Å²) in [4.78, 5) is 15.3. The number of aryl methyl sites for hydroxylation is 1. The monoisotopic (exact) mass is 330 g/mol.